The molecule has 0 saturated carbocycles. The Morgan fingerprint density at radius 3 is 2.60 bits per heavy atom. The van der Waals surface area contributed by atoms with Crippen LogP contribution in [-0.2, 0) is 6.42 Å². The maximum Gasteiger partial charge on any atom is 1.00 e. The second-order valence-electron chi connectivity index (χ2n) is 3.15. The first-order valence-corrected chi connectivity index (χ1v) is 4.55. The van der Waals surface area contributed by atoms with Gasteiger partial charge in [0.05, 0.1) is 5.82 Å². The number of hydrogen-bond donors (Lipinski definition) is 1. The van der Waals surface area contributed by atoms with Crippen molar-refractivity contribution in [3.05, 3.63) is 54.1 Å². The predicted molar refractivity (Wildman–Crippen MR) is 51.5 cm³/mol. The van der Waals surface area contributed by atoms with Gasteiger partial charge in [0.1, 0.15) is 0 Å². The molecule has 2 rings (SSSR count). The first-order valence-electron chi connectivity index (χ1n) is 4.55. The molecule has 15 heavy (non-hydrogen) atoms. The summed E-state index contributed by atoms with van der Waals surface area (Å²) in [4.78, 5) is 6.78. The summed E-state index contributed by atoms with van der Waals surface area (Å²) >= 11 is 0. The maximum atomic E-state index is 11.7. The van der Waals surface area contributed by atoms with Gasteiger partial charge in [-0.1, -0.05) is 36.4 Å². The molecule has 0 spiro atoms. The maximum absolute atomic E-state index is 11.7. The molecule has 0 radical (unpaired) electrons. The number of nitrogens with one attached hydrogen (secondary N) is 1. The van der Waals surface area contributed by atoms with Gasteiger partial charge in [0.15, 0.2) is 0 Å². The zero-order chi connectivity index (χ0) is 9.80. The average Bonchev–Trinajstić information content (AvgIpc) is 2.72. The number of imidazole rings is 1. The Balaban J connectivity index is 0.00000112. The second-order valence-corrected chi connectivity index (χ2v) is 3.15. The van der Waals surface area contributed by atoms with E-state index in [1.54, 1.807) is 12.4 Å². The molecule has 1 N–H and O–H groups in total. The van der Waals surface area contributed by atoms with Crippen molar-refractivity contribution in [1.29, 1.82) is 0 Å². The van der Waals surface area contributed by atoms with Gasteiger partial charge in [-0.05, 0) is 12.0 Å². The number of rotatable bonds is 3. The molecule has 0 fully saturated rings. The number of nitrogens with zero attached hydrogens (tertiary/aromatic N) is 1. The molecular formula is C11H11N2NaO. The SMILES string of the molecule is [Na+].[O-]C(Cc1ccccc1)c1ncc[nH]1. The molecule has 1 atom stereocenters. The van der Waals surface area contributed by atoms with Gasteiger partial charge < -0.3 is 10.1 Å². The fourth-order valence-electron chi connectivity index (χ4n) is 1.38. The molecule has 2 aromatic rings. The number of aromatic nitrogens is 2. The van der Waals surface area contributed by atoms with Gasteiger partial charge in [-0.25, -0.2) is 4.98 Å². The summed E-state index contributed by atoms with van der Waals surface area (Å²) in [5.74, 6) is 0.508. The molecule has 1 aromatic heterocycles. The van der Waals surface area contributed by atoms with Crippen LogP contribution in [0.25, 0.3) is 0 Å². The Kier molecular flexibility index (Phi) is 5.05. The number of benzene rings is 1. The minimum Gasteiger partial charge on any atom is -0.846 e. The van der Waals surface area contributed by atoms with Gasteiger partial charge in [0, 0.05) is 12.4 Å². The summed E-state index contributed by atoms with van der Waals surface area (Å²) in [6.45, 7) is 0. The quantitative estimate of drug-likeness (QED) is 0.599. The van der Waals surface area contributed by atoms with Crippen LogP contribution in [0.1, 0.15) is 17.5 Å². The van der Waals surface area contributed by atoms with E-state index in [0.717, 1.165) is 5.56 Å². The van der Waals surface area contributed by atoms with Crippen molar-refractivity contribution in [2.45, 2.75) is 12.5 Å². The van der Waals surface area contributed by atoms with Crippen LogP contribution in [0.5, 0.6) is 0 Å². The van der Waals surface area contributed by atoms with Crippen molar-refractivity contribution >= 4 is 0 Å². The van der Waals surface area contributed by atoms with Crippen molar-refractivity contribution in [3.8, 4) is 0 Å². The summed E-state index contributed by atoms with van der Waals surface area (Å²) in [5.41, 5.74) is 1.05. The van der Waals surface area contributed by atoms with Gasteiger partial charge in [-0.3, -0.25) is 0 Å². The van der Waals surface area contributed by atoms with Gasteiger partial charge in [0.2, 0.25) is 0 Å². The summed E-state index contributed by atoms with van der Waals surface area (Å²) in [6.07, 6.45) is 2.96. The van der Waals surface area contributed by atoms with Gasteiger partial charge >= 0.3 is 29.6 Å². The molecule has 0 saturated heterocycles. The van der Waals surface area contributed by atoms with Crippen LogP contribution >= 0.6 is 0 Å². The standard InChI is InChI=1S/C11H11N2O.Na/c14-10(11-12-6-7-13-11)8-9-4-2-1-3-5-9;/h1-7,10H,8H2,(H,12,13);/q-1;+1. The normalized spacial score (nSPS) is 11.8. The van der Waals surface area contributed by atoms with Crippen LogP contribution in [-0.4, -0.2) is 9.97 Å². The minimum absolute atomic E-state index is 0. The topological polar surface area (TPSA) is 51.7 Å². The molecule has 0 aliphatic heterocycles. The Bertz CT molecular complexity index is 375. The van der Waals surface area contributed by atoms with Crippen molar-refractivity contribution in [2.24, 2.45) is 0 Å². The summed E-state index contributed by atoms with van der Waals surface area (Å²) in [5, 5.41) is 11.7. The minimum atomic E-state index is -0.799. The Morgan fingerprint density at radius 2 is 2.00 bits per heavy atom. The molecule has 0 bridgehead atoms. The number of H-pyrrole nitrogens is 1. The van der Waals surface area contributed by atoms with Crippen molar-refractivity contribution in [1.82, 2.24) is 9.97 Å². The van der Waals surface area contributed by atoms with E-state index < -0.39 is 6.10 Å². The molecule has 1 heterocycles. The van der Waals surface area contributed by atoms with Gasteiger partial charge in [-0.15, -0.1) is 0 Å². The summed E-state index contributed by atoms with van der Waals surface area (Å²) in [6, 6.07) is 9.71. The van der Waals surface area contributed by atoms with E-state index in [0.29, 0.717) is 12.2 Å². The summed E-state index contributed by atoms with van der Waals surface area (Å²) < 4.78 is 0. The molecule has 1 aromatic carbocycles. The average molecular weight is 210 g/mol. The molecule has 0 amide bonds. The van der Waals surface area contributed by atoms with E-state index in [1.807, 2.05) is 30.3 Å². The number of hydrogen-bond acceptors (Lipinski definition) is 2. The van der Waals surface area contributed by atoms with Crippen LogP contribution in [0.15, 0.2) is 42.7 Å². The first-order chi connectivity index (χ1) is 6.86. The summed E-state index contributed by atoms with van der Waals surface area (Å²) in [7, 11) is 0. The molecule has 1 unspecified atom stereocenters. The third-order valence-corrected chi connectivity index (χ3v) is 2.09. The largest absolute Gasteiger partial charge is 1.00 e. The van der Waals surface area contributed by atoms with Crippen molar-refractivity contribution in [3.63, 3.8) is 0 Å². The molecular weight excluding hydrogens is 199 g/mol. The molecule has 0 aliphatic rings. The second kappa shape index (κ2) is 6.08. The molecule has 0 aliphatic carbocycles. The van der Waals surface area contributed by atoms with E-state index in [2.05, 4.69) is 9.97 Å². The van der Waals surface area contributed by atoms with E-state index >= 15 is 0 Å². The smallest absolute Gasteiger partial charge is 0.846 e. The third kappa shape index (κ3) is 3.47. The first kappa shape index (κ1) is 12.5. The zero-order valence-corrected chi connectivity index (χ0v) is 10.7. The third-order valence-electron chi connectivity index (χ3n) is 2.09. The van der Waals surface area contributed by atoms with E-state index in [1.165, 1.54) is 0 Å². The van der Waals surface area contributed by atoms with Crippen LogP contribution in [0.3, 0.4) is 0 Å². The van der Waals surface area contributed by atoms with E-state index in [-0.39, 0.29) is 29.6 Å². The predicted octanol–water partition coefficient (Wildman–Crippen LogP) is -1.94. The van der Waals surface area contributed by atoms with E-state index in [4.69, 9.17) is 0 Å². The van der Waals surface area contributed by atoms with Crippen molar-refractivity contribution in [2.75, 3.05) is 0 Å². The number of aromatic amines is 1. The zero-order valence-electron chi connectivity index (χ0n) is 8.68. The monoisotopic (exact) mass is 210 g/mol. The van der Waals surface area contributed by atoms with Crippen LogP contribution in [0.2, 0.25) is 0 Å². The molecule has 3 nitrogen and oxygen atoms in total. The Labute approximate surface area is 111 Å². The Morgan fingerprint density at radius 1 is 1.27 bits per heavy atom. The Hall–Kier alpha value is -0.610. The van der Waals surface area contributed by atoms with Crippen LogP contribution in [0, 0.1) is 0 Å². The van der Waals surface area contributed by atoms with E-state index in [9.17, 15) is 5.11 Å². The molecule has 4 heteroatoms. The van der Waals surface area contributed by atoms with Crippen molar-refractivity contribution < 1.29 is 34.7 Å². The fourth-order valence-corrected chi connectivity index (χ4v) is 1.38. The molecule has 72 valence electrons. The van der Waals surface area contributed by atoms with Gasteiger partial charge in [-0.2, -0.15) is 0 Å². The fraction of sp³-hybridized carbons (Fsp3) is 0.182. The van der Waals surface area contributed by atoms with Crippen LogP contribution < -0.4 is 34.7 Å². The van der Waals surface area contributed by atoms with Gasteiger partial charge in [0.25, 0.3) is 0 Å². The van der Waals surface area contributed by atoms with Crippen LogP contribution in [0.4, 0.5) is 0 Å².